The molecule has 0 saturated carbocycles. The Morgan fingerprint density at radius 3 is 2.88 bits per heavy atom. The lowest BCUT2D eigenvalue weighted by atomic mass is 9.96. The van der Waals surface area contributed by atoms with Crippen LogP contribution < -0.4 is 0 Å². The molecule has 1 aliphatic carbocycles. The third-order valence-corrected chi connectivity index (χ3v) is 3.33. The topological polar surface area (TPSA) is 45.0 Å². The fraction of sp³-hybridized carbons (Fsp3) is 0.462. The Kier molecular flexibility index (Phi) is 2.73. The minimum Gasteiger partial charge on any atom is -0.296 e. The monoisotopic (exact) mass is 229 g/mol. The molecule has 4 heteroatoms. The lowest BCUT2D eigenvalue weighted by molar-refractivity contribution is -0.118. The van der Waals surface area contributed by atoms with E-state index in [0.717, 1.165) is 18.8 Å². The second-order valence-corrected chi connectivity index (χ2v) is 4.61. The average Bonchev–Trinajstić information content (AvgIpc) is 2.82. The Bertz CT molecular complexity index is 453. The van der Waals surface area contributed by atoms with Crippen LogP contribution in [0.1, 0.15) is 12.8 Å². The van der Waals surface area contributed by atoms with Gasteiger partial charge in [0.2, 0.25) is 0 Å². The predicted octanol–water partition coefficient (Wildman–Crippen LogP) is 1.20. The van der Waals surface area contributed by atoms with Crippen LogP contribution >= 0.6 is 0 Å². The molecule has 1 fully saturated rings. The van der Waals surface area contributed by atoms with Crippen LogP contribution in [0.3, 0.4) is 0 Å². The molecule has 1 saturated heterocycles. The largest absolute Gasteiger partial charge is 0.296 e. The number of allylic oxidation sites excluding steroid dienone is 3. The van der Waals surface area contributed by atoms with E-state index in [1.165, 1.54) is 12.8 Å². The smallest absolute Gasteiger partial charge is 0.260 e. The van der Waals surface area contributed by atoms with Crippen LogP contribution in [0.2, 0.25) is 0 Å². The third-order valence-electron chi connectivity index (χ3n) is 3.33. The molecule has 1 atom stereocenters. The second kappa shape index (κ2) is 4.37. The van der Waals surface area contributed by atoms with E-state index in [2.05, 4.69) is 14.9 Å². The number of hydrogen-bond acceptors (Lipinski definition) is 3. The normalized spacial score (nSPS) is 28.0. The molecule has 88 valence electrons. The molecule has 0 aromatic heterocycles. The summed E-state index contributed by atoms with van der Waals surface area (Å²) in [5.74, 6) is 0.343. The number of amides is 1. The van der Waals surface area contributed by atoms with Gasteiger partial charge in [0.05, 0.1) is 12.3 Å². The van der Waals surface area contributed by atoms with Crippen LogP contribution in [0.25, 0.3) is 0 Å². The van der Waals surface area contributed by atoms with Gasteiger partial charge >= 0.3 is 0 Å². The fourth-order valence-corrected chi connectivity index (χ4v) is 2.43. The molecule has 0 bridgehead atoms. The van der Waals surface area contributed by atoms with E-state index in [1.54, 1.807) is 0 Å². The van der Waals surface area contributed by atoms with Crippen LogP contribution in [-0.4, -0.2) is 42.0 Å². The summed E-state index contributed by atoms with van der Waals surface area (Å²) < 4.78 is 0. The molecule has 0 N–H and O–H groups in total. The maximum Gasteiger partial charge on any atom is 0.260 e. The van der Waals surface area contributed by atoms with E-state index in [1.807, 2.05) is 24.3 Å². The summed E-state index contributed by atoms with van der Waals surface area (Å²) in [5.41, 5.74) is 0.835. The molecule has 3 aliphatic rings. The lowest BCUT2D eigenvalue weighted by Gasteiger charge is -2.20. The van der Waals surface area contributed by atoms with Gasteiger partial charge in [-0.25, -0.2) is 4.99 Å². The van der Waals surface area contributed by atoms with Crippen molar-refractivity contribution < 1.29 is 4.79 Å². The Hall–Kier alpha value is -1.55. The van der Waals surface area contributed by atoms with Crippen molar-refractivity contribution in [3.05, 3.63) is 24.3 Å². The van der Waals surface area contributed by atoms with Crippen LogP contribution in [0.5, 0.6) is 0 Å². The van der Waals surface area contributed by atoms with Crippen LogP contribution in [-0.2, 0) is 4.79 Å². The Morgan fingerprint density at radius 2 is 2.06 bits per heavy atom. The molecule has 17 heavy (non-hydrogen) atoms. The maximum atomic E-state index is 11.8. The SMILES string of the molecule is O=C1N=C(CN2CCCC2)N=C2C=CC=CC12. The zero-order valence-corrected chi connectivity index (χ0v) is 9.67. The molecule has 0 aromatic rings. The van der Waals surface area contributed by atoms with E-state index in [0.29, 0.717) is 12.4 Å². The van der Waals surface area contributed by atoms with Gasteiger partial charge in [-0.2, -0.15) is 4.99 Å². The standard InChI is InChI=1S/C13H15N3O/c17-13-10-5-1-2-6-11(10)14-12(15-13)9-16-7-3-4-8-16/h1-2,5-6,10H,3-4,7-9H2. The van der Waals surface area contributed by atoms with Gasteiger partial charge in [0, 0.05) is 0 Å². The van der Waals surface area contributed by atoms with Gasteiger partial charge in [-0.05, 0) is 32.0 Å². The lowest BCUT2D eigenvalue weighted by Crippen LogP contribution is -2.33. The summed E-state index contributed by atoms with van der Waals surface area (Å²) in [6.45, 7) is 2.90. The number of hydrogen-bond donors (Lipinski definition) is 0. The number of aliphatic imine (C=N–C) groups is 2. The first-order valence-corrected chi connectivity index (χ1v) is 6.10. The Morgan fingerprint density at radius 1 is 1.24 bits per heavy atom. The highest BCUT2D eigenvalue weighted by Gasteiger charge is 2.27. The summed E-state index contributed by atoms with van der Waals surface area (Å²) in [6.07, 6.45) is 10.0. The van der Waals surface area contributed by atoms with Gasteiger partial charge in [0.25, 0.3) is 5.91 Å². The van der Waals surface area contributed by atoms with Gasteiger partial charge in [-0.15, -0.1) is 0 Å². The summed E-state index contributed by atoms with van der Waals surface area (Å²) in [6, 6.07) is 0. The molecule has 1 unspecified atom stereocenters. The fourth-order valence-electron chi connectivity index (χ4n) is 2.43. The van der Waals surface area contributed by atoms with Crippen molar-refractivity contribution in [1.29, 1.82) is 0 Å². The summed E-state index contributed by atoms with van der Waals surface area (Å²) in [7, 11) is 0. The van der Waals surface area contributed by atoms with Gasteiger partial charge in [0.15, 0.2) is 0 Å². The minimum absolute atomic E-state index is 0.0789. The number of likely N-dealkylation sites (tertiary alicyclic amines) is 1. The van der Waals surface area contributed by atoms with Gasteiger partial charge in [-0.3, -0.25) is 9.69 Å². The molecule has 0 aromatic carbocycles. The van der Waals surface area contributed by atoms with E-state index in [9.17, 15) is 4.79 Å². The van der Waals surface area contributed by atoms with E-state index >= 15 is 0 Å². The van der Waals surface area contributed by atoms with Crippen molar-refractivity contribution in [2.75, 3.05) is 19.6 Å². The van der Waals surface area contributed by atoms with Crippen LogP contribution in [0.4, 0.5) is 0 Å². The first-order chi connectivity index (χ1) is 8.33. The highest BCUT2D eigenvalue weighted by atomic mass is 16.1. The van der Waals surface area contributed by atoms with E-state index < -0.39 is 0 Å². The molecule has 2 aliphatic heterocycles. The molecule has 0 radical (unpaired) electrons. The minimum atomic E-state index is -0.248. The van der Waals surface area contributed by atoms with Crippen LogP contribution in [0, 0.1) is 5.92 Å². The van der Waals surface area contributed by atoms with E-state index in [-0.39, 0.29) is 11.8 Å². The number of rotatable bonds is 2. The van der Waals surface area contributed by atoms with Crippen molar-refractivity contribution in [3.63, 3.8) is 0 Å². The molecule has 2 heterocycles. The number of amidine groups is 1. The quantitative estimate of drug-likeness (QED) is 0.714. The van der Waals surface area contributed by atoms with Gasteiger partial charge in [0.1, 0.15) is 11.8 Å². The zero-order valence-electron chi connectivity index (χ0n) is 9.67. The Labute approximate surface area is 100 Å². The average molecular weight is 229 g/mol. The highest BCUT2D eigenvalue weighted by Crippen LogP contribution is 2.17. The predicted molar refractivity (Wildman–Crippen MR) is 67.3 cm³/mol. The van der Waals surface area contributed by atoms with Crippen molar-refractivity contribution in [1.82, 2.24) is 4.90 Å². The summed E-state index contributed by atoms with van der Waals surface area (Å²) in [4.78, 5) is 22.7. The molecular weight excluding hydrogens is 214 g/mol. The number of nitrogens with zero attached hydrogens (tertiary/aromatic N) is 3. The van der Waals surface area contributed by atoms with Crippen molar-refractivity contribution in [2.45, 2.75) is 12.8 Å². The molecular formula is C13H15N3O. The molecule has 0 spiro atoms. The van der Waals surface area contributed by atoms with E-state index in [4.69, 9.17) is 0 Å². The maximum absolute atomic E-state index is 11.8. The number of carbonyl (C=O) groups excluding carboxylic acids is 1. The molecule has 1 amide bonds. The zero-order chi connectivity index (χ0) is 11.7. The van der Waals surface area contributed by atoms with Crippen molar-refractivity contribution in [3.8, 4) is 0 Å². The Balaban J connectivity index is 1.78. The summed E-state index contributed by atoms with van der Waals surface area (Å²) in [5, 5.41) is 0. The van der Waals surface area contributed by atoms with Crippen molar-refractivity contribution in [2.24, 2.45) is 15.9 Å². The van der Waals surface area contributed by atoms with Crippen molar-refractivity contribution >= 4 is 17.5 Å². The third kappa shape index (κ3) is 2.13. The first-order valence-electron chi connectivity index (χ1n) is 6.10. The summed E-state index contributed by atoms with van der Waals surface area (Å²) >= 11 is 0. The number of fused-ring (bicyclic) bond motifs is 1. The van der Waals surface area contributed by atoms with Gasteiger partial charge < -0.3 is 0 Å². The number of carbonyl (C=O) groups is 1. The van der Waals surface area contributed by atoms with Crippen LogP contribution in [0.15, 0.2) is 34.3 Å². The molecule has 3 rings (SSSR count). The first kappa shape index (κ1) is 10.6. The second-order valence-electron chi connectivity index (χ2n) is 4.61. The highest BCUT2D eigenvalue weighted by molar-refractivity contribution is 6.21. The van der Waals surface area contributed by atoms with Gasteiger partial charge in [-0.1, -0.05) is 18.2 Å². The molecule has 4 nitrogen and oxygen atoms in total.